The first-order valence-electron chi connectivity index (χ1n) is 50.4. The van der Waals surface area contributed by atoms with Gasteiger partial charge in [0.2, 0.25) is 26.9 Å². The van der Waals surface area contributed by atoms with E-state index in [1.807, 2.05) is 0 Å². The van der Waals surface area contributed by atoms with Gasteiger partial charge in [-0.3, -0.25) is 0 Å². The maximum absolute atomic E-state index is 2.67. The fraction of sp³-hybridized carbons (Fsp3) is 0.224. The van der Waals surface area contributed by atoms with Crippen molar-refractivity contribution in [2.45, 2.75) is 205 Å². The van der Waals surface area contributed by atoms with Crippen molar-refractivity contribution in [3.63, 3.8) is 0 Å². The first kappa shape index (κ1) is 91.2. The van der Waals surface area contributed by atoms with Crippen molar-refractivity contribution in [1.29, 1.82) is 0 Å². The molecule has 676 valence electrons. The van der Waals surface area contributed by atoms with Gasteiger partial charge in [-0.2, -0.15) is 0 Å². The van der Waals surface area contributed by atoms with Crippen LogP contribution in [-0.4, -0.2) is 26.9 Å². The topological polar surface area (TPSA) is 0 Å². The molecule has 0 amide bonds. The Morgan fingerprint density at radius 3 is 0.420 bits per heavy atom. The van der Waals surface area contributed by atoms with E-state index >= 15 is 0 Å². The van der Waals surface area contributed by atoms with Gasteiger partial charge in [0.05, 0.1) is 0 Å². The quantitative estimate of drug-likeness (QED) is 0.0846. The standard InChI is InChI=1S/C134H128B4/c1-73-45-81(9)125(82(10)46-73)135(126-83(11)47-74(2)48-84(126)12)107-37-29-97(30-38-107)101-61-105-62-102(98-31-39-108(40-32-98)136(127-85(13)49-75(3)50-86(127)14)128-87(15)51-76(4)52-88(128)16)66-116-112-70-120-119(69-111(112)115(65-101)123(105)116)133(25,26)121-71-113-114(72-122(121)134(120,27)28)118-68-104(100-35-43-110(44-36-100)138(131-93(21)57-79(7)58-94(131)22)132-95(23)59-80(8)60-96(132)24)64-106-63-103(67-117(113)124(106)118)99-33-41-109(42-34-99)137(129-89(17)53-77(5)54-90(129)18)130-91(19)55-78(6)56-92(130)20/h29-72H,1-28H3. The van der Waals surface area contributed by atoms with Crippen LogP contribution in [0.25, 0.3) is 111 Å². The molecule has 18 aromatic rings. The third kappa shape index (κ3) is 15.1. The number of fused-ring (bicyclic) bond motifs is 8. The Labute approximate surface area is 824 Å². The van der Waals surface area contributed by atoms with Crippen LogP contribution in [0.4, 0.5) is 0 Å². The van der Waals surface area contributed by atoms with E-state index in [0.29, 0.717) is 0 Å². The minimum Gasteiger partial charge on any atom is -0.0686 e. The lowest BCUT2D eigenvalue weighted by Crippen LogP contribution is -2.55. The summed E-state index contributed by atoms with van der Waals surface area (Å²) in [4.78, 5) is 0. The van der Waals surface area contributed by atoms with Crippen LogP contribution in [0.3, 0.4) is 0 Å². The molecule has 4 heteroatoms. The molecule has 18 aromatic carbocycles. The highest BCUT2D eigenvalue weighted by Gasteiger charge is 2.46. The molecule has 0 N–H and O–H groups in total. The van der Waals surface area contributed by atoms with Gasteiger partial charge in [-0.25, -0.2) is 0 Å². The van der Waals surface area contributed by atoms with Crippen molar-refractivity contribution in [2.24, 2.45) is 0 Å². The Morgan fingerprint density at radius 2 is 0.283 bits per heavy atom. The Hall–Kier alpha value is -13.3. The highest BCUT2D eigenvalue weighted by atomic mass is 14.5. The number of benzene rings is 18. The summed E-state index contributed by atoms with van der Waals surface area (Å²) < 4.78 is 0. The lowest BCUT2D eigenvalue weighted by Gasteiger charge is -2.44. The Kier molecular flexibility index (Phi) is 22.3. The molecule has 138 heavy (non-hydrogen) atoms. The lowest BCUT2D eigenvalue weighted by molar-refractivity contribution is 0.521. The van der Waals surface area contributed by atoms with Gasteiger partial charge in [0.25, 0.3) is 0 Å². The van der Waals surface area contributed by atoms with Crippen LogP contribution in [0.5, 0.6) is 0 Å². The van der Waals surface area contributed by atoms with Crippen LogP contribution >= 0.6 is 0 Å². The molecule has 0 bridgehead atoms. The first-order chi connectivity index (χ1) is 65.7. The summed E-state index contributed by atoms with van der Waals surface area (Å²) in [5, 5.41) is 5.17. The van der Waals surface area contributed by atoms with Crippen LogP contribution in [0.2, 0.25) is 0 Å². The lowest BCUT2D eigenvalue weighted by atomic mass is 9.34. The molecule has 0 aliphatic heterocycles. The summed E-state index contributed by atoms with van der Waals surface area (Å²) in [7, 11) is 0. The molecule has 0 fully saturated rings. The predicted octanol–water partition coefficient (Wildman–Crippen LogP) is 26.4. The molecule has 0 aromatic heterocycles. The summed E-state index contributed by atoms with van der Waals surface area (Å²) in [5.41, 5.74) is 73.2. The summed E-state index contributed by atoms with van der Waals surface area (Å²) in [5.74, 6) is 0. The fourth-order valence-corrected chi connectivity index (χ4v) is 27.6. The molecule has 0 atom stereocenters. The van der Waals surface area contributed by atoms with Crippen molar-refractivity contribution in [3.05, 3.63) is 423 Å². The van der Waals surface area contributed by atoms with Crippen LogP contribution in [0.15, 0.2) is 267 Å². The molecule has 3 aliphatic carbocycles. The molecular formula is C134H128B4. The van der Waals surface area contributed by atoms with Gasteiger partial charge in [-0.05, 0) is 372 Å². The van der Waals surface area contributed by atoms with E-state index < -0.39 is 10.8 Å². The van der Waals surface area contributed by atoms with Gasteiger partial charge < -0.3 is 0 Å². The molecule has 0 radical (unpaired) electrons. The molecule has 0 heterocycles. The van der Waals surface area contributed by atoms with Gasteiger partial charge >= 0.3 is 0 Å². The zero-order valence-electron chi connectivity index (χ0n) is 86.7. The minimum absolute atomic E-state index is 0.0639. The van der Waals surface area contributed by atoms with Gasteiger partial charge in [0, 0.05) is 10.8 Å². The number of hydrogen-bond acceptors (Lipinski definition) is 0. The SMILES string of the molecule is Cc1cc(C)c(B(c2ccc(-c3cc4c5c(cc(-c6ccc(B(c7c(C)cc(C)cc7C)c7c(C)cc(C)cc7C)cc6)cc5c3)-c3cc5c(cc3-4)C(C)(C)c3cc4c(cc3C5(C)C)-c3cc(-c5ccc(B(c6c(C)cc(C)cc6C)c6c(C)cc(C)cc6C)cc5)cc5cc(-c6ccc(B(c7c(C)cc(C)cc7C)c7c(C)cc(C)cc7C)cc6)cc-4c35)cc2)c2c(C)cc(C)cc2C)c(C)c1. The predicted molar refractivity (Wildman–Crippen MR) is 607 cm³/mol. The van der Waals surface area contributed by atoms with E-state index in [-0.39, 0.29) is 26.9 Å². The minimum atomic E-state index is -0.420. The summed E-state index contributed by atoms with van der Waals surface area (Å²) in [6.07, 6.45) is 0. The van der Waals surface area contributed by atoms with E-state index in [1.54, 1.807) is 0 Å². The average Bonchev–Trinajstić information content (AvgIpc) is 1.49. The van der Waals surface area contributed by atoms with Gasteiger partial charge in [-0.1, -0.05) is 421 Å². The van der Waals surface area contributed by atoms with E-state index in [9.17, 15) is 0 Å². The highest BCUT2D eigenvalue weighted by molar-refractivity contribution is 6.98. The summed E-state index contributed by atoms with van der Waals surface area (Å²) in [6.45, 7) is 65.4. The number of hydrogen-bond donors (Lipinski definition) is 0. The van der Waals surface area contributed by atoms with Crippen LogP contribution in [0, 0.1) is 166 Å². The molecule has 0 spiro atoms. The van der Waals surface area contributed by atoms with Crippen molar-refractivity contribution in [3.8, 4) is 89.0 Å². The molecule has 0 unspecified atom stereocenters. The normalized spacial score (nSPS) is 12.9. The van der Waals surface area contributed by atoms with Crippen molar-refractivity contribution < 1.29 is 0 Å². The Balaban J connectivity index is 0.734. The second-order valence-corrected chi connectivity index (χ2v) is 44.1. The number of rotatable bonds is 16. The van der Waals surface area contributed by atoms with Crippen LogP contribution in [0.1, 0.15) is 183 Å². The van der Waals surface area contributed by atoms with Gasteiger partial charge in [0.15, 0.2) is 0 Å². The monoisotopic (exact) mass is 1780 g/mol. The Morgan fingerprint density at radius 1 is 0.145 bits per heavy atom. The summed E-state index contributed by atoms with van der Waals surface area (Å²) in [6, 6.07) is 108. The molecule has 0 nitrogen and oxygen atoms in total. The molecule has 0 saturated carbocycles. The molecule has 0 saturated heterocycles. The smallest absolute Gasteiger partial charge is 0.0686 e. The van der Waals surface area contributed by atoms with Crippen molar-refractivity contribution >= 4 is 114 Å². The third-order valence-electron chi connectivity index (χ3n) is 32.8. The van der Waals surface area contributed by atoms with Crippen LogP contribution < -0.4 is 65.6 Å². The zero-order chi connectivity index (χ0) is 97.1. The average molecular weight is 1780 g/mol. The largest absolute Gasteiger partial charge is 0.242 e. The van der Waals surface area contributed by atoms with E-state index in [1.165, 1.54) is 332 Å². The van der Waals surface area contributed by atoms with E-state index in [0.717, 1.165) is 0 Å². The molecule has 21 rings (SSSR count). The van der Waals surface area contributed by atoms with Crippen molar-refractivity contribution in [1.82, 2.24) is 0 Å². The zero-order valence-corrected chi connectivity index (χ0v) is 86.7. The van der Waals surface area contributed by atoms with E-state index in [4.69, 9.17) is 0 Å². The number of aryl methyl sites for hydroxylation is 24. The summed E-state index contributed by atoms with van der Waals surface area (Å²) >= 11 is 0. The second kappa shape index (κ2) is 33.8. The van der Waals surface area contributed by atoms with Crippen molar-refractivity contribution in [2.75, 3.05) is 0 Å². The third-order valence-corrected chi connectivity index (χ3v) is 32.8. The van der Waals surface area contributed by atoms with Crippen LogP contribution in [-0.2, 0) is 10.8 Å². The second-order valence-electron chi connectivity index (χ2n) is 44.1. The fourth-order valence-electron chi connectivity index (χ4n) is 27.6. The maximum Gasteiger partial charge on any atom is 0.242 e. The van der Waals surface area contributed by atoms with Gasteiger partial charge in [-0.15, -0.1) is 0 Å². The van der Waals surface area contributed by atoms with Gasteiger partial charge in [0.1, 0.15) is 0 Å². The van der Waals surface area contributed by atoms with E-state index in [2.05, 4.69) is 461 Å². The molecule has 3 aliphatic rings. The maximum atomic E-state index is 2.67. The molecular weight excluding hydrogens is 1650 g/mol. The first-order valence-corrected chi connectivity index (χ1v) is 50.4. The highest BCUT2D eigenvalue weighted by Crippen LogP contribution is 2.60. The Bertz CT molecular complexity index is 6870.